The first-order valence-electron chi connectivity index (χ1n) is 9.85. The van der Waals surface area contributed by atoms with Crippen molar-refractivity contribution in [3.63, 3.8) is 0 Å². The zero-order chi connectivity index (χ0) is 19.2. The molecular formula is C23H30N2O2. The Bertz CT molecular complexity index is 766. The molecule has 1 aliphatic heterocycles. The lowest BCUT2D eigenvalue weighted by molar-refractivity contribution is -0.119. The Hall–Kier alpha value is -2.33. The number of aryl methyl sites for hydroxylation is 1. The first-order valence-corrected chi connectivity index (χ1v) is 9.85. The minimum Gasteiger partial charge on any atom is -0.496 e. The molecule has 2 aromatic carbocycles. The average molecular weight is 367 g/mol. The first kappa shape index (κ1) is 19.4. The zero-order valence-electron chi connectivity index (χ0n) is 16.6. The lowest BCUT2D eigenvalue weighted by Gasteiger charge is -2.38. The Balaban J connectivity index is 1.68. The summed E-state index contributed by atoms with van der Waals surface area (Å²) in [5, 5.41) is 0. The summed E-state index contributed by atoms with van der Waals surface area (Å²) in [6.07, 6.45) is 2.53. The van der Waals surface area contributed by atoms with Crippen molar-refractivity contribution in [2.24, 2.45) is 0 Å². The van der Waals surface area contributed by atoms with Crippen LogP contribution in [-0.2, 0) is 11.3 Å². The van der Waals surface area contributed by atoms with Gasteiger partial charge in [-0.1, -0.05) is 37.3 Å². The first-order chi connectivity index (χ1) is 13.1. The van der Waals surface area contributed by atoms with Crippen LogP contribution in [0.15, 0.2) is 48.5 Å². The molecule has 27 heavy (non-hydrogen) atoms. The third kappa shape index (κ3) is 4.69. The maximum absolute atomic E-state index is 12.7. The number of anilines is 1. The highest BCUT2D eigenvalue weighted by Crippen LogP contribution is 2.27. The summed E-state index contributed by atoms with van der Waals surface area (Å²) in [5.41, 5.74) is 3.44. The number of piperidine rings is 1. The Morgan fingerprint density at radius 3 is 2.56 bits per heavy atom. The SMILES string of the molecule is CCC(=O)N(c1cccc(C)c1)C1CCN(Cc2ccccc2OC)CC1. The molecule has 0 atom stereocenters. The van der Waals surface area contributed by atoms with Gasteiger partial charge in [0.1, 0.15) is 5.75 Å². The van der Waals surface area contributed by atoms with E-state index in [0.29, 0.717) is 6.42 Å². The van der Waals surface area contributed by atoms with Crippen molar-refractivity contribution in [1.82, 2.24) is 4.90 Å². The van der Waals surface area contributed by atoms with Crippen LogP contribution in [0.4, 0.5) is 5.69 Å². The van der Waals surface area contributed by atoms with Gasteiger partial charge in [0.25, 0.3) is 0 Å². The van der Waals surface area contributed by atoms with Gasteiger partial charge in [-0.2, -0.15) is 0 Å². The molecule has 4 heteroatoms. The van der Waals surface area contributed by atoms with Crippen LogP contribution in [-0.4, -0.2) is 37.0 Å². The van der Waals surface area contributed by atoms with Crippen LogP contribution >= 0.6 is 0 Å². The summed E-state index contributed by atoms with van der Waals surface area (Å²) in [7, 11) is 1.72. The van der Waals surface area contributed by atoms with Crippen molar-refractivity contribution < 1.29 is 9.53 Å². The van der Waals surface area contributed by atoms with Crippen LogP contribution in [0.25, 0.3) is 0 Å². The summed E-state index contributed by atoms with van der Waals surface area (Å²) in [6.45, 7) is 6.89. The summed E-state index contributed by atoms with van der Waals surface area (Å²) in [6, 6.07) is 16.8. The van der Waals surface area contributed by atoms with E-state index in [-0.39, 0.29) is 11.9 Å². The van der Waals surface area contributed by atoms with Crippen LogP contribution in [0.1, 0.15) is 37.3 Å². The minimum absolute atomic E-state index is 0.212. The van der Waals surface area contributed by atoms with Crippen LogP contribution < -0.4 is 9.64 Å². The van der Waals surface area contributed by atoms with Gasteiger partial charge in [-0.15, -0.1) is 0 Å². The summed E-state index contributed by atoms with van der Waals surface area (Å²) < 4.78 is 5.48. The Kier molecular flexibility index (Phi) is 6.51. The monoisotopic (exact) mass is 366 g/mol. The smallest absolute Gasteiger partial charge is 0.226 e. The number of carbonyl (C=O) groups is 1. The molecule has 4 nitrogen and oxygen atoms in total. The molecule has 2 aromatic rings. The Morgan fingerprint density at radius 2 is 1.89 bits per heavy atom. The number of likely N-dealkylation sites (tertiary alicyclic amines) is 1. The molecule has 1 amide bonds. The van der Waals surface area contributed by atoms with Gasteiger partial charge < -0.3 is 9.64 Å². The van der Waals surface area contributed by atoms with Crippen LogP contribution in [0.3, 0.4) is 0 Å². The van der Waals surface area contributed by atoms with E-state index in [2.05, 4.69) is 42.2 Å². The number of benzene rings is 2. The highest BCUT2D eigenvalue weighted by Gasteiger charge is 2.28. The molecule has 0 aromatic heterocycles. The zero-order valence-corrected chi connectivity index (χ0v) is 16.6. The van der Waals surface area contributed by atoms with Gasteiger partial charge in [-0.25, -0.2) is 0 Å². The predicted octanol–water partition coefficient (Wildman–Crippen LogP) is 4.41. The molecule has 0 saturated carbocycles. The van der Waals surface area contributed by atoms with E-state index in [1.807, 2.05) is 30.0 Å². The molecule has 1 saturated heterocycles. The fraction of sp³-hybridized carbons (Fsp3) is 0.435. The second kappa shape index (κ2) is 9.05. The van der Waals surface area contributed by atoms with Gasteiger partial charge in [0.15, 0.2) is 0 Å². The molecule has 1 fully saturated rings. The van der Waals surface area contributed by atoms with E-state index in [0.717, 1.165) is 43.9 Å². The third-order valence-electron chi connectivity index (χ3n) is 5.36. The molecule has 3 rings (SSSR count). The lowest BCUT2D eigenvalue weighted by atomic mass is 10.0. The topological polar surface area (TPSA) is 32.8 Å². The molecule has 0 radical (unpaired) electrons. The van der Waals surface area contributed by atoms with Gasteiger partial charge >= 0.3 is 0 Å². The van der Waals surface area contributed by atoms with Crippen LogP contribution in [0.5, 0.6) is 5.75 Å². The normalized spacial score (nSPS) is 15.5. The number of hydrogen-bond donors (Lipinski definition) is 0. The van der Waals surface area contributed by atoms with Crippen molar-refractivity contribution in [2.45, 2.75) is 45.7 Å². The molecule has 0 unspecified atom stereocenters. The van der Waals surface area contributed by atoms with Gasteiger partial charge in [0, 0.05) is 43.3 Å². The number of nitrogens with zero attached hydrogens (tertiary/aromatic N) is 2. The fourth-order valence-electron chi connectivity index (χ4n) is 3.92. The van der Waals surface area contributed by atoms with Crippen molar-refractivity contribution in [2.75, 3.05) is 25.1 Å². The molecule has 144 valence electrons. The van der Waals surface area contributed by atoms with Crippen molar-refractivity contribution >= 4 is 11.6 Å². The highest BCUT2D eigenvalue weighted by molar-refractivity contribution is 5.93. The molecule has 0 spiro atoms. The van der Waals surface area contributed by atoms with Gasteiger partial charge in [-0.05, 0) is 43.5 Å². The Morgan fingerprint density at radius 1 is 1.15 bits per heavy atom. The predicted molar refractivity (Wildman–Crippen MR) is 110 cm³/mol. The standard InChI is InChI=1S/C23H30N2O2/c1-4-23(26)25(21-10-7-8-18(2)16-21)20-12-14-24(15-13-20)17-19-9-5-6-11-22(19)27-3/h5-11,16,20H,4,12-15,17H2,1-3H3. The second-order valence-electron chi connectivity index (χ2n) is 7.28. The van der Waals surface area contributed by atoms with E-state index in [4.69, 9.17) is 4.74 Å². The lowest BCUT2D eigenvalue weighted by Crippen LogP contribution is -2.47. The fourth-order valence-corrected chi connectivity index (χ4v) is 3.92. The number of ether oxygens (including phenoxy) is 1. The van der Waals surface area contributed by atoms with Gasteiger partial charge in [0.2, 0.25) is 5.91 Å². The van der Waals surface area contributed by atoms with Crippen molar-refractivity contribution in [1.29, 1.82) is 0 Å². The molecule has 0 aliphatic carbocycles. The maximum atomic E-state index is 12.7. The summed E-state index contributed by atoms with van der Waals surface area (Å²) in [4.78, 5) is 17.2. The van der Waals surface area contributed by atoms with Crippen LogP contribution in [0.2, 0.25) is 0 Å². The summed E-state index contributed by atoms with van der Waals surface area (Å²) in [5.74, 6) is 1.16. The van der Waals surface area contributed by atoms with E-state index >= 15 is 0 Å². The Labute approximate surface area is 162 Å². The number of carbonyl (C=O) groups excluding carboxylic acids is 1. The van der Waals surface area contributed by atoms with Crippen molar-refractivity contribution in [3.05, 3.63) is 59.7 Å². The molecule has 0 bridgehead atoms. The van der Waals surface area contributed by atoms with E-state index in [9.17, 15) is 4.79 Å². The largest absolute Gasteiger partial charge is 0.496 e. The number of para-hydroxylation sites is 1. The number of rotatable bonds is 6. The number of amides is 1. The molecule has 1 aliphatic rings. The number of methoxy groups -OCH3 is 1. The molecule has 0 N–H and O–H groups in total. The third-order valence-corrected chi connectivity index (χ3v) is 5.36. The van der Waals surface area contributed by atoms with Crippen molar-refractivity contribution in [3.8, 4) is 5.75 Å². The quantitative estimate of drug-likeness (QED) is 0.759. The van der Waals surface area contributed by atoms with E-state index < -0.39 is 0 Å². The van der Waals surface area contributed by atoms with E-state index in [1.165, 1.54) is 11.1 Å². The highest BCUT2D eigenvalue weighted by atomic mass is 16.5. The second-order valence-corrected chi connectivity index (χ2v) is 7.28. The molecule has 1 heterocycles. The minimum atomic E-state index is 0.212. The average Bonchev–Trinajstić information content (AvgIpc) is 2.70. The van der Waals surface area contributed by atoms with Crippen LogP contribution in [0, 0.1) is 6.92 Å². The van der Waals surface area contributed by atoms with E-state index in [1.54, 1.807) is 7.11 Å². The van der Waals surface area contributed by atoms with Gasteiger partial charge in [-0.3, -0.25) is 9.69 Å². The van der Waals surface area contributed by atoms with Gasteiger partial charge in [0.05, 0.1) is 7.11 Å². The molecular weight excluding hydrogens is 336 g/mol. The summed E-state index contributed by atoms with van der Waals surface area (Å²) >= 11 is 0. The number of hydrogen-bond acceptors (Lipinski definition) is 3. The maximum Gasteiger partial charge on any atom is 0.226 e.